The molecule has 0 saturated heterocycles. The van der Waals surface area contributed by atoms with E-state index in [0.29, 0.717) is 5.69 Å². The van der Waals surface area contributed by atoms with Gasteiger partial charge in [-0.15, -0.1) is 0 Å². The Balaban J connectivity index is 2.30. The van der Waals surface area contributed by atoms with Crippen molar-refractivity contribution in [3.05, 3.63) is 33.9 Å². The van der Waals surface area contributed by atoms with Gasteiger partial charge < -0.3 is 10.4 Å². The highest BCUT2D eigenvalue weighted by Crippen LogP contribution is 2.30. The lowest BCUT2D eigenvalue weighted by Crippen LogP contribution is -2.27. The van der Waals surface area contributed by atoms with E-state index in [9.17, 15) is 14.9 Å². The number of carboxylic acids is 1. The summed E-state index contributed by atoms with van der Waals surface area (Å²) in [5, 5.41) is 22.7. The first kappa shape index (κ1) is 11.4. The van der Waals surface area contributed by atoms with Crippen LogP contribution in [-0.2, 0) is 0 Å². The third kappa shape index (κ3) is 2.35. The zero-order valence-corrected chi connectivity index (χ0v) is 9.05. The van der Waals surface area contributed by atoms with Gasteiger partial charge in [-0.3, -0.25) is 10.1 Å². The number of nitro groups is 1. The highest BCUT2D eigenvalue weighted by Gasteiger charge is 2.22. The molecule has 1 saturated carbocycles. The molecule has 90 valence electrons. The van der Waals surface area contributed by atoms with E-state index in [1.165, 1.54) is 12.1 Å². The molecule has 0 aromatic heterocycles. The summed E-state index contributed by atoms with van der Waals surface area (Å²) in [7, 11) is 0. The summed E-state index contributed by atoms with van der Waals surface area (Å²) in [6, 6.07) is 4.18. The molecule has 0 radical (unpaired) electrons. The Kier molecular flexibility index (Phi) is 2.95. The van der Waals surface area contributed by atoms with Crippen molar-refractivity contribution in [1.29, 1.82) is 0 Å². The van der Waals surface area contributed by atoms with Crippen LogP contribution in [0.1, 0.15) is 29.6 Å². The number of aromatic carboxylic acids is 1. The van der Waals surface area contributed by atoms with Crippen LogP contribution in [0.2, 0.25) is 0 Å². The van der Waals surface area contributed by atoms with E-state index in [-0.39, 0.29) is 17.3 Å². The standard InChI is InChI=1S/C11H12N2O4/c14-11(15)7-4-5-9(10(6-7)13(16)17)12-8-2-1-3-8/h4-6,8,12H,1-3H2,(H,14,15). The molecule has 1 fully saturated rings. The quantitative estimate of drug-likeness (QED) is 0.617. The number of nitrogens with zero attached hydrogens (tertiary/aromatic N) is 1. The second-order valence-corrected chi connectivity index (χ2v) is 4.07. The lowest BCUT2D eigenvalue weighted by Gasteiger charge is -2.27. The molecule has 0 atom stereocenters. The van der Waals surface area contributed by atoms with E-state index in [1.807, 2.05) is 0 Å². The molecule has 0 unspecified atom stereocenters. The van der Waals surface area contributed by atoms with Crippen molar-refractivity contribution < 1.29 is 14.8 Å². The van der Waals surface area contributed by atoms with Crippen molar-refractivity contribution in [2.75, 3.05) is 5.32 Å². The number of rotatable bonds is 4. The lowest BCUT2D eigenvalue weighted by atomic mass is 9.93. The van der Waals surface area contributed by atoms with Crippen molar-refractivity contribution in [2.45, 2.75) is 25.3 Å². The third-order valence-electron chi connectivity index (χ3n) is 2.91. The molecule has 1 aromatic carbocycles. The first-order chi connectivity index (χ1) is 8.08. The summed E-state index contributed by atoms with van der Waals surface area (Å²) in [4.78, 5) is 21.0. The molecule has 0 bridgehead atoms. The Hall–Kier alpha value is -2.11. The van der Waals surface area contributed by atoms with Gasteiger partial charge in [0.1, 0.15) is 5.69 Å². The first-order valence-electron chi connectivity index (χ1n) is 5.36. The number of hydrogen-bond donors (Lipinski definition) is 2. The number of carboxylic acid groups (broad SMARTS) is 1. The van der Waals surface area contributed by atoms with Gasteiger partial charge in [-0.25, -0.2) is 4.79 Å². The van der Waals surface area contributed by atoms with Crippen molar-refractivity contribution in [3.8, 4) is 0 Å². The molecule has 0 heterocycles. The maximum Gasteiger partial charge on any atom is 0.335 e. The molecule has 1 aromatic rings. The Morgan fingerprint density at radius 2 is 2.18 bits per heavy atom. The van der Waals surface area contributed by atoms with E-state index in [4.69, 9.17) is 5.11 Å². The lowest BCUT2D eigenvalue weighted by molar-refractivity contribution is -0.384. The van der Waals surface area contributed by atoms with E-state index in [2.05, 4.69) is 5.32 Å². The SMILES string of the molecule is O=C(O)c1ccc(NC2CCC2)c([N+](=O)[O-])c1. The number of hydrogen-bond acceptors (Lipinski definition) is 4. The fraction of sp³-hybridized carbons (Fsp3) is 0.364. The van der Waals surface area contributed by atoms with Gasteiger partial charge in [0.15, 0.2) is 0 Å². The van der Waals surface area contributed by atoms with Gasteiger partial charge in [-0.2, -0.15) is 0 Å². The molecule has 1 aliphatic rings. The van der Waals surface area contributed by atoms with E-state index in [1.54, 1.807) is 0 Å². The van der Waals surface area contributed by atoms with Gasteiger partial charge in [0, 0.05) is 12.1 Å². The Labute approximate surface area is 97.4 Å². The van der Waals surface area contributed by atoms with Crippen LogP contribution in [0, 0.1) is 10.1 Å². The average molecular weight is 236 g/mol. The Morgan fingerprint density at radius 3 is 2.65 bits per heavy atom. The minimum atomic E-state index is -1.16. The van der Waals surface area contributed by atoms with Crippen LogP contribution < -0.4 is 5.32 Å². The maximum absolute atomic E-state index is 10.9. The Bertz CT molecular complexity index is 469. The van der Waals surface area contributed by atoms with E-state index in [0.717, 1.165) is 25.3 Å². The van der Waals surface area contributed by atoms with Gasteiger partial charge in [-0.05, 0) is 31.4 Å². The summed E-state index contributed by atoms with van der Waals surface area (Å²) < 4.78 is 0. The number of benzene rings is 1. The molecular formula is C11H12N2O4. The highest BCUT2D eigenvalue weighted by molar-refractivity contribution is 5.89. The van der Waals surface area contributed by atoms with Crippen LogP contribution in [0.25, 0.3) is 0 Å². The fourth-order valence-corrected chi connectivity index (χ4v) is 1.71. The summed E-state index contributed by atoms with van der Waals surface area (Å²) in [5.41, 5.74) is 0.136. The van der Waals surface area contributed by atoms with Crippen LogP contribution in [0.15, 0.2) is 18.2 Å². The van der Waals surface area contributed by atoms with E-state index >= 15 is 0 Å². The van der Waals surface area contributed by atoms with Crippen LogP contribution in [0.4, 0.5) is 11.4 Å². The predicted octanol–water partition coefficient (Wildman–Crippen LogP) is 2.26. The first-order valence-corrected chi connectivity index (χ1v) is 5.36. The van der Waals surface area contributed by atoms with Gasteiger partial charge in [0.25, 0.3) is 5.69 Å². The second kappa shape index (κ2) is 4.40. The fourth-order valence-electron chi connectivity index (χ4n) is 1.71. The monoisotopic (exact) mass is 236 g/mol. The van der Waals surface area contributed by atoms with Crippen LogP contribution in [0.5, 0.6) is 0 Å². The largest absolute Gasteiger partial charge is 0.478 e. The molecule has 1 aliphatic carbocycles. The summed E-state index contributed by atoms with van der Waals surface area (Å²) in [5.74, 6) is -1.16. The minimum Gasteiger partial charge on any atom is -0.478 e. The predicted molar refractivity (Wildman–Crippen MR) is 61.3 cm³/mol. The van der Waals surface area contributed by atoms with Crippen molar-refractivity contribution in [3.63, 3.8) is 0 Å². The molecular weight excluding hydrogens is 224 g/mol. The number of nitrogens with one attached hydrogen (secondary N) is 1. The van der Waals surface area contributed by atoms with Gasteiger partial charge in [-0.1, -0.05) is 0 Å². The van der Waals surface area contributed by atoms with Gasteiger partial charge in [0.05, 0.1) is 10.5 Å². The summed E-state index contributed by atoms with van der Waals surface area (Å²) in [6.45, 7) is 0. The van der Waals surface area contributed by atoms with Gasteiger partial charge in [0.2, 0.25) is 0 Å². The highest BCUT2D eigenvalue weighted by atomic mass is 16.6. The summed E-state index contributed by atoms with van der Waals surface area (Å²) in [6.07, 6.45) is 3.12. The summed E-state index contributed by atoms with van der Waals surface area (Å²) >= 11 is 0. The molecule has 6 heteroatoms. The number of carbonyl (C=O) groups is 1. The van der Waals surface area contributed by atoms with Crippen molar-refractivity contribution in [2.24, 2.45) is 0 Å². The van der Waals surface area contributed by atoms with E-state index < -0.39 is 10.9 Å². The molecule has 2 N–H and O–H groups in total. The molecule has 0 aliphatic heterocycles. The van der Waals surface area contributed by atoms with Crippen LogP contribution in [-0.4, -0.2) is 22.0 Å². The smallest absolute Gasteiger partial charge is 0.335 e. The molecule has 6 nitrogen and oxygen atoms in total. The normalized spacial score (nSPS) is 15.1. The zero-order valence-electron chi connectivity index (χ0n) is 9.05. The van der Waals surface area contributed by atoms with Crippen molar-refractivity contribution in [1.82, 2.24) is 0 Å². The maximum atomic E-state index is 10.9. The number of nitro benzene ring substituents is 1. The number of anilines is 1. The van der Waals surface area contributed by atoms with Crippen LogP contribution in [0.3, 0.4) is 0 Å². The van der Waals surface area contributed by atoms with Gasteiger partial charge >= 0.3 is 5.97 Å². The molecule has 0 spiro atoms. The molecule has 2 rings (SSSR count). The van der Waals surface area contributed by atoms with Crippen molar-refractivity contribution >= 4 is 17.3 Å². The third-order valence-corrected chi connectivity index (χ3v) is 2.91. The Morgan fingerprint density at radius 1 is 1.47 bits per heavy atom. The molecule has 17 heavy (non-hydrogen) atoms. The van der Waals surface area contributed by atoms with Crippen LogP contribution >= 0.6 is 0 Å². The second-order valence-electron chi connectivity index (χ2n) is 4.07. The average Bonchev–Trinajstić information content (AvgIpc) is 2.23. The zero-order chi connectivity index (χ0) is 12.4. The molecule has 0 amide bonds. The topological polar surface area (TPSA) is 92.5 Å². The minimum absolute atomic E-state index is 0.0733.